The van der Waals surface area contributed by atoms with Crippen LogP contribution in [0.2, 0.25) is 0 Å². The Kier molecular flexibility index (Phi) is 11.2. The molecule has 14 nitrogen and oxygen atoms in total. The molecular weight excluding hydrogens is 729 g/mol. The quantitative estimate of drug-likeness (QED) is 0.190. The third kappa shape index (κ3) is 7.93. The predicted molar refractivity (Wildman–Crippen MR) is 192 cm³/mol. The topological polar surface area (TPSA) is 197 Å². The Morgan fingerprint density at radius 2 is 1.70 bits per heavy atom. The van der Waals surface area contributed by atoms with Gasteiger partial charge in [0.2, 0.25) is 10.0 Å². The zero-order chi connectivity index (χ0) is 38.0. The van der Waals surface area contributed by atoms with Crippen molar-refractivity contribution in [1.29, 1.82) is 0 Å². The summed E-state index contributed by atoms with van der Waals surface area (Å²) in [7, 11) is -7.79. The lowest BCUT2D eigenvalue weighted by atomic mass is 9.88. The third-order valence-corrected chi connectivity index (χ3v) is 14.9. The molecule has 3 fully saturated rings. The van der Waals surface area contributed by atoms with E-state index in [9.17, 15) is 41.7 Å². The number of aliphatic hydroxyl groups excluding tert-OH is 2. The molecule has 1 saturated carbocycles. The minimum Gasteiger partial charge on any atom is -0.492 e. The van der Waals surface area contributed by atoms with Crippen molar-refractivity contribution in [2.24, 2.45) is 0 Å². The van der Waals surface area contributed by atoms with Gasteiger partial charge in [-0.05, 0) is 80.5 Å². The van der Waals surface area contributed by atoms with Crippen molar-refractivity contribution in [3.8, 4) is 22.6 Å². The van der Waals surface area contributed by atoms with Crippen molar-refractivity contribution in [2.75, 3.05) is 46.1 Å². The molecule has 0 aromatic heterocycles. The number of aliphatic hydroxyl groups is 2. The second-order valence-electron chi connectivity index (χ2n) is 13.8. The summed E-state index contributed by atoms with van der Waals surface area (Å²) < 4.78 is 71.8. The van der Waals surface area contributed by atoms with Gasteiger partial charge in [0.25, 0.3) is 0 Å². The number of amides is 1. The lowest BCUT2D eigenvalue weighted by Gasteiger charge is -2.38. The third-order valence-electron chi connectivity index (χ3n) is 10.4. The van der Waals surface area contributed by atoms with Gasteiger partial charge in [-0.1, -0.05) is 36.4 Å². The number of carboxylic acid groups (broad SMARTS) is 1. The molecule has 0 radical (unpaired) electrons. The monoisotopic (exact) mass is 772 g/mol. The van der Waals surface area contributed by atoms with E-state index >= 15 is 0 Å². The Labute approximate surface area is 308 Å². The van der Waals surface area contributed by atoms with Crippen molar-refractivity contribution >= 4 is 32.2 Å². The number of aldehydes is 1. The van der Waals surface area contributed by atoms with E-state index in [0.29, 0.717) is 43.2 Å². The zero-order valence-corrected chi connectivity index (χ0v) is 30.9. The highest BCUT2D eigenvalue weighted by molar-refractivity contribution is 7.93. The molecule has 3 aromatic rings. The molecule has 6 rings (SSSR count). The largest absolute Gasteiger partial charge is 0.492 e. The van der Waals surface area contributed by atoms with Crippen molar-refractivity contribution in [1.82, 2.24) is 9.21 Å². The van der Waals surface area contributed by atoms with Crippen LogP contribution in [0.3, 0.4) is 0 Å². The number of carbonyl (C=O) groups is 2. The van der Waals surface area contributed by atoms with Crippen molar-refractivity contribution in [3.05, 3.63) is 72.3 Å². The summed E-state index contributed by atoms with van der Waals surface area (Å²) >= 11 is 0. The summed E-state index contributed by atoms with van der Waals surface area (Å²) in [5, 5.41) is 30.5. The van der Waals surface area contributed by atoms with Gasteiger partial charge in [0.05, 0.1) is 47.7 Å². The van der Waals surface area contributed by atoms with Crippen LogP contribution in [-0.4, -0.2) is 122 Å². The van der Waals surface area contributed by atoms with E-state index in [4.69, 9.17) is 14.2 Å². The number of nitrogens with zero attached hydrogens (tertiary/aromatic N) is 2. The fourth-order valence-corrected chi connectivity index (χ4v) is 10.5. The molecule has 0 bridgehead atoms. The lowest BCUT2D eigenvalue weighted by molar-refractivity contribution is -0.0319. The van der Waals surface area contributed by atoms with Crippen LogP contribution in [0.25, 0.3) is 11.1 Å². The second kappa shape index (κ2) is 15.4. The van der Waals surface area contributed by atoms with E-state index in [1.54, 1.807) is 49.4 Å². The molecule has 2 heterocycles. The molecule has 0 unspecified atom stereocenters. The fraction of sp³-hybridized carbons (Fsp3) is 0.459. The van der Waals surface area contributed by atoms with E-state index in [-0.39, 0.29) is 60.7 Å². The predicted octanol–water partition coefficient (Wildman–Crippen LogP) is 3.60. The number of carbonyl (C=O) groups excluding carboxylic acids is 1. The number of hydrogen-bond donors (Lipinski definition) is 3. The summed E-state index contributed by atoms with van der Waals surface area (Å²) in [6.07, 6.45) is -0.0642. The summed E-state index contributed by atoms with van der Waals surface area (Å²) in [6, 6.07) is 17.0. The Morgan fingerprint density at radius 1 is 1.00 bits per heavy atom. The first-order chi connectivity index (χ1) is 25.3. The van der Waals surface area contributed by atoms with Gasteiger partial charge in [0, 0.05) is 18.7 Å². The molecule has 3 aliphatic rings. The highest BCUT2D eigenvalue weighted by atomic mass is 32.2. The van der Waals surface area contributed by atoms with Crippen LogP contribution in [0, 0.1) is 0 Å². The number of ether oxygens (including phenoxy) is 3. The van der Waals surface area contributed by atoms with Crippen LogP contribution in [0.1, 0.15) is 49.4 Å². The summed E-state index contributed by atoms with van der Waals surface area (Å²) in [4.78, 5) is 24.6. The van der Waals surface area contributed by atoms with Gasteiger partial charge in [0.1, 0.15) is 35.4 Å². The normalized spacial score (nSPS) is 20.1. The number of hydrogen-bond acceptors (Lipinski definition) is 11. The van der Waals surface area contributed by atoms with E-state index < -0.39 is 55.1 Å². The van der Waals surface area contributed by atoms with Crippen LogP contribution in [-0.2, 0) is 24.6 Å². The lowest BCUT2D eigenvalue weighted by Crippen LogP contribution is -2.48. The molecule has 1 aliphatic carbocycles. The molecule has 2 aliphatic heterocycles. The van der Waals surface area contributed by atoms with Gasteiger partial charge in [0.15, 0.2) is 9.84 Å². The number of piperidine rings is 1. The first-order valence-electron chi connectivity index (χ1n) is 17.5. The average Bonchev–Trinajstić information content (AvgIpc) is 3.88. The smallest absolute Gasteiger partial charge is 0.407 e. The van der Waals surface area contributed by atoms with Gasteiger partial charge in [-0.25, -0.2) is 21.6 Å². The maximum atomic E-state index is 14.0. The number of benzene rings is 3. The van der Waals surface area contributed by atoms with E-state index in [0.717, 1.165) is 16.7 Å². The summed E-state index contributed by atoms with van der Waals surface area (Å²) in [6.45, 7) is 1.30. The fourth-order valence-electron chi connectivity index (χ4n) is 7.05. The molecule has 3 N–H and O–H groups in total. The minimum atomic E-state index is -4.01. The average molecular weight is 773 g/mol. The second-order valence-corrected chi connectivity index (χ2v) is 18.1. The maximum Gasteiger partial charge on any atom is 0.407 e. The van der Waals surface area contributed by atoms with Crippen LogP contribution in [0.5, 0.6) is 11.5 Å². The first kappa shape index (κ1) is 38.7. The van der Waals surface area contributed by atoms with Crippen LogP contribution in [0.4, 0.5) is 4.79 Å². The molecular formula is C37H44N2O12S2. The van der Waals surface area contributed by atoms with Crippen molar-refractivity contribution < 1.29 is 56.0 Å². The molecule has 286 valence electrons. The van der Waals surface area contributed by atoms with Crippen molar-refractivity contribution in [3.63, 3.8) is 0 Å². The molecule has 2 saturated heterocycles. The van der Waals surface area contributed by atoms with E-state index in [1.165, 1.54) is 28.6 Å². The maximum absolute atomic E-state index is 14.0. The number of rotatable bonds is 15. The molecule has 53 heavy (non-hydrogen) atoms. The zero-order valence-electron chi connectivity index (χ0n) is 29.3. The Balaban J connectivity index is 1.07. The Bertz CT molecular complexity index is 2030. The van der Waals surface area contributed by atoms with Gasteiger partial charge in [-0.15, -0.1) is 0 Å². The summed E-state index contributed by atoms with van der Waals surface area (Å²) in [5.74, 6) is 0.405. The van der Waals surface area contributed by atoms with Crippen LogP contribution >= 0.6 is 0 Å². The Hall–Kier alpha value is -4.06. The number of sulfone groups is 1. The van der Waals surface area contributed by atoms with Gasteiger partial charge >= 0.3 is 6.09 Å². The molecule has 2 atom stereocenters. The molecule has 1 spiro atoms. The molecule has 3 aromatic carbocycles. The highest BCUT2D eigenvalue weighted by Gasteiger charge is 2.54. The van der Waals surface area contributed by atoms with Crippen LogP contribution < -0.4 is 9.47 Å². The van der Waals surface area contributed by atoms with E-state index in [1.807, 2.05) is 0 Å². The summed E-state index contributed by atoms with van der Waals surface area (Å²) in [5.41, 5.74) is 1.13. The standard InChI is InChI=1S/C37H44N2O12S2/c1-2-49-33-11-10-28(27-8-6-26(22-40)7-9-27)18-34(33)53(47,48)38-16-14-36(15-17-38)20-29(23-51-36)39(35(43)44)21-30(42)24-50-31-4-3-5-32(19-31)52(45,46)37(25-41)12-13-37/h3-11,18-19,22,29-30,41-42H,2,12-17,20-21,23-25H2,1H3,(H,43,44)/t29-,30+/m1/s1. The molecule has 16 heteroatoms. The van der Waals surface area contributed by atoms with Gasteiger partial charge in [-0.2, -0.15) is 4.31 Å². The SMILES string of the molecule is CCOc1ccc(-c2ccc(C=O)cc2)cc1S(=O)(=O)N1CCC2(CC1)C[C@@H](N(C[C@H](O)COc1cccc(S(=O)(=O)C3(CO)CC3)c1)C(=O)O)CO2. The van der Waals surface area contributed by atoms with Gasteiger partial charge in [-0.3, -0.25) is 4.79 Å². The number of sulfonamides is 1. The van der Waals surface area contributed by atoms with Crippen molar-refractivity contribution in [2.45, 2.75) is 71.3 Å². The van der Waals surface area contributed by atoms with E-state index in [2.05, 4.69) is 0 Å². The molecule has 1 amide bonds. The highest BCUT2D eigenvalue weighted by Crippen LogP contribution is 2.46. The first-order valence-corrected chi connectivity index (χ1v) is 20.4. The minimum absolute atomic E-state index is 0.000881. The van der Waals surface area contributed by atoms with Gasteiger partial charge < -0.3 is 34.4 Å². The Morgan fingerprint density at radius 3 is 2.32 bits per heavy atom. The van der Waals surface area contributed by atoms with Crippen LogP contribution in [0.15, 0.2) is 76.5 Å².